The van der Waals surface area contributed by atoms with Gasteiger partial charge >= 0.3 is 6.09 Å². The van der Waals surface area contributed by atoms with Crippen molar-refractivity contribution in [2.45, 2.75) is 25.4 Å². The molecule has 0 radical (unpaired) electrons. The Labute approximate surface area is 195 Å². The first kappa shape index (κ1) is 23.0. The third-order valence-electron chi connectivity index (χ3n) is 5.59. The van der Waals surface area contributed by atoms with E-state index in [0.29, 0.717) is 42.1 Å². The van der Waals surface area contributed by atoms with Gasteiger partial charge in [-0.15, -0.1) is 11.3 Å². The summed E-state index contributed by atoms with van der Waals surface area (Å²) >= 11 is 1.36. The predicted molar refractivity (Wildman–Crippen MR) is 123 cm³/mol. The second-order valence-electron chi connectivity index (χ2n) is 7.81. The molecule has 33 heavy (non-hydrogen) atoms. The molecule has 1 aliphatic carbocycles. The molecule has 1 saturated heterocycles. The van der Waals surface area contributed by atoms with Crippen LogP contribution in [-0.4, -0.2) is 62.4 Å². The Morgan fingerprint density at radius 1 is 1.36 bits per heavy atom. The number of thiophene rings is 1. The minimum atomic E-state index is -0.426. The first-order valence-electron chi connectivity index (χ1n) is 10.9. The zero-order valence-corrected chi connectivity index (χ0v) is 19.0. The quantitative estimate of drug-likeness (QED) is 0.598. The van der Waals surface area contributed by atoms with E-state index in [1.54, 1.807) is 18.2 Å². The number of carbonyl (C=O) groups is 2. The Bertz CT molecular complexity index is 1030. The number of amides is 2. The lowest BCUT2D eigenvalue weighted by atomic mass is 9.94. The summed E-state index contributed by atoms with van der Waals surface area (Å²) in [5, 5.41) is 15.8. The van der Waals surface area contributed by atoms with Crippen LogP contribution in [0.25, 0.3) is 6.08 Å². The van der Waals surface area contributed by atoms with Gasteiger partial charge in [-0.3, -0.25) is 9.69 Å². The fourth-order valence-corrected chi connectivity index (χ4v) is 5.16. The average Bonchev–Trinajstić information content (AvgIpc) is 3.45. The van der Waals surface area contributed by atoms with Gasteiger partial charge in [-0.25, -0.2) is 4.79 Å². The second kappa shape index (κ2) is 11.1. The van der Waals surface area contributed by atoms with Gasteiger partial charge in [-0.2, -0.15) is 5.26 Å². The zero-order chi connectivity index (χ0) is 23.0. The molecular weight excluding hydrogens is 444 g/mol. The molecule has 9 nitrogen and oxygen atoms in total. The summed E-state index contributed by atoms with van der Waals surface area (Å²) in [5.41, 5.74) is 1.42. The summed E-state index contributed by atoms with van der Waals surface area (Å²) in [6.07, 6.45) is 5.58. The molecule has 2 amide bonds. The average molecular weight is 471 g/mol. The minimum absolute atomic E-state index is 0.256. The highest BCUT2D eigenvalue weighted by Gasteiger charge is 2.28. The smallest absolute Gasteiger partial charge is 0.407 e. The van der Waals surface area contributed by atoms with Crippen molar-refractivity contribution in [3.05, 3.63) is 46.2 Å². The van der Waals surface area contributed by atoms with E-state index in [0.717, 1.165) is 43.3 Å². The van der Waals surface area contributed by atoms with Gasteiger partial charge in [0.05, 0.1) is 25.0 Å². The molecule has 2 aromatic rings. The van der Waals surface area contributed by atoms with Crippen LogP contribution in [0.5, 0.6) is 0 Å². The van der Waals surface area contributed by atoms with E-state index in [4.69, 9.17) is 13.9 Å². The number of alkyl carbamates (subject to hydrolysis) is 1. The fraction of sp³-hybridized carbons (Fsp3) is 0.435. The van der Waals surface area contributed by atoms with Crippen LogP contribution < -0.4 is 10.6 Å². The maximum Gasteiger partial charge on any atom is 0.407 e. The standard InChI is InChI=1S/C23H26N4O5S/c24-15-19-18-5-3-17(32-23(29)25-7-8-27-9-12-30-13-10-27)14-20(18)33-22(19)26-21(28)6-4-16-2-1-11-31-16/h1-2,4,6,11,17H,3,5,7-10,12-14H2,(H,25,29)(H,26,28)/b6-4+. The van der Waals surface area contributed by atoms with Crippen molar-refractivity contribution in [2.75, 3.05) is 44.7 Å². The molecule has 0 spiro atoms. The second-order valence-corrected chi connectivity index (χ2v) is 8.91. The third-order valence-corrected chi connectivity index (χ3v) is 6.76. The monoisotopic (exact) mass is 470 g/mol. The molecule has 1 atom stereocenters. The lowest BCUT2D eigenvalue weighted by Gasteiger charge is -2.27. The molecule has 0 bridgehead atoms. The molecular formula is C23H26N4O5S. The first-order valence-corrected chi connectivity index (χ1v) is 11.8. The van der Waals surface area contributed by atoms with Crippen LogP contribution in [0.1, 0.15) is 28.2 Å². The number of ether oxygens (including phenoxy) is 2. The Kier molecular flexibility index (Phi) is 7.78. The minimum Gasteiger partial charge on any atom is -0.465 e. The number of nitriles is 1. The summed E-state index contributed by atoms with van der Waals surface area (Å²) in [6.45, 7) is 4.49. The number of nitrogens with one attached hydrogen (secondary N) is 2. The third kappa shape index (κ3) is 6.22. The van der Waals surface area contributed by atoms with Crippen molar-refractivity contribution in [1.82, 2.24) is 10.2 Å². The van der Waals surface area contributed by atoms with Crippen LogP contribution in [0.4, 0.5) is 9.80 Å². The molecule has 4 rings (SSSR count). The molecule has 2 N–H and O–H groups in total. The maximum atomic E-state index is 12.3. The largest absolute Gasteiger partial charge is 0.465 e. The number of nitrogens with zero attached hydrogens (tertiary/aromatic N) is 2. The molecule has 3 heterocycles. The molecule has 174 valence electrons. The summed E-state index contributed by atoms with van der Waals surface area (Å²) < 4.78 is 16.1. The van der Waals surface area contributed by atoms with Gasteiger partial charge in [0.2, 0.25) is 5.91 Å². The van der Waals surface area contributed by atoms with Gasteiger partial charge in [0, 0.05) is 43.6 Å². The topological polar surface area (TPSA) is 117 Å². The number of anilines is 1. The lowest BCUT2D eigenvalue weighted by Crippen LogP contribution is -2.42. The highest BCUT2D eigenvalue weighted by molar-refractivity contribution is 7.16. The van der Waals surface area contributed by atoms with Crippen molar-refractivity contribution in [3.63, 3.8) is 0 Å². The maximum absolute atomic E-state index is 12.3. The lowest BCUT2D eigenvalue weighted by molar-refractivity contribution is -0.111. The Balaban J connectivity index is 1.29. The van der Waals surface area contributed by atoms with Gasteiger partial charge in [0.15, 0.2) is 0 Å². The molecule has 2 aromatic heterocycles. The van der Waals surface area contributed by atoms with Gasteiger partial charge < -0.3 is 24.5 Å². The number of furan rings is 1. The van der Waals surface area contributed by atoms with E-state index in [-0.39, 0.29) is 12.0 Å². The van der Waals surface area contributed by atoms with Crippen molar-refractivity contribution >= 4 is 34.4 Å². The molecule has 0 aromatic carbocycles. The number of morpholine rings is 1. The van der Waals surface area contributed by atoms with E-state index in [9.17, 15) is 14.9 Å². The fourth-order valence-electron chi connectivity index (χ4n) is 3.89. The number of carbonyl (C=O) groups excluding carboxylic acids is 2. The summed E-state index contributed by atoms with van der Waals surface area (Å²) in [6, 6.07) is 5.69. The summed E-state index contributed by atoms with van der Waals surface area (Å²) in [5.74, 6) is 0.230. The highest BCUT2D eigenvalue weighted by atomic mass is 32.1. The Hall–Kier alpha value is -3.13. The van der Waals surface area contributed by atoms with Crippen LogP contribution in [0.2, 0.25) is 0 Å². The Morgan fingerprint density at radius 2 is 2.21 bits per heavy atom. The van der Waals surface area contributed by atoms with Gasteiger partial charge in [-0.05, 0) is 36.6 Å². The highest BCUT2D eigenvalue weighted by Crippen LogP contribution is 2.38. The van der Waals surface area contributed by atoms with Crippen LogP contribution in [-0.2, 0) is 27.1 Å². The van der Waals surface area contributed by atoms with E-state index < -0.39 is 6.09 Å². The zero-order valence-electron chi connectivity index (χ0n) is 18.2. The van der Waals surface area contributed by atoms with Crippen LogP contribution >= 0.6 is 11.3 Å². The van der Waals surface area contributed by atoms with Crippen molar-refractivity contribution in [3.8, 4) is 6.07 Å². The number of rotatable bonds is 7. The van der Waals surface area contributed by atoms with Crippen LogP contribution in [0.15, 0.2) is 28.9 Å². The van der Waals surface area contributed by atoms with E-state index >= 15 is 0 Å². The van der Waals surface area contributed by atoms with Crippen molar-refractivity contribution < 1.29 is 23.5 Å². The van der Waals surface area contributed by atoms with Crippen LogP contribution in [0.3, 0.4) is 0 Å². The predicted octanol–water partition coefficient (Wildman–Crippen LogP) is 2.78. The molecule has 1 aliphatic heterocycles. The van der Waals surface area contributed by atoms with E-state index in [1.165, 1.54) is 23.7 Å². The molecule has 10 heteroatoms. The van der Waals surface area contributed by atoms with Gasteiger partial charge in [0.1, 0.15) is 22.9 Å². The molecule has 2 aliphatic rings. The normalized spacial score (nSPS) is 18.5. The summed E-state index contributed by atoms with van der Waals surface area (Å²) in [7, 11) is 0. The van der Waals surface area contributed by atoms with E-state index in [1.807, 2.05) is 0 Å². The molecule has 1 unspecified atom stereocenters. The van der Waals surface area contributed by atoms with E-state index in [2.05, 4.69) is 21.6 Å². The van der Waals surface area contributed by atoms with Crippen LogP contribution in [0, 0.1) is 11.3 Å². The molecule has 0 saturated carbocycles. The van der Waals surface area contributed by atoms with Crippen molar-refractivity contribution in [1.29, 1.82) is 5.26 Å². The number of hydrogen-bond donors (Lipinski definition) is 2. The summed E-state index contributed by atoms with van der Waals surface area (Å²) in [4.78, 5) is 27.7. The first-order chi connectivity index (χ1) is 16.1. The SMILES string of the molecule is N#Cc1c(NC(=O)/C=C/c2ccco2)sc2c1CCC(OC(=O)NCCN1CCOCC1)C2. The number of hydrogen-bond acceptors (Lipinski definition) is 8. The van der Waals surface area contributed by atoms with Gasteiger partial charge in [0.25, 0.3) is 0 Å². The number of fused-ring (bicyclic) bond motifs is 1. The van der Waals surface area contributed by atoms with Gasteiger partial charge in [-0.1, -0.05) is 0 Å². The molecule has 1 fully saturated rings. The Morgan fingerprint density at radius 3 is 2.97 bits per heavy atom. The van der Waals surface area contributed by atoms with Crippen molar-refractivity contribution in [2.24, 2.45) is 0 Å².